The molecule has 2 nitrogen and oxygen atoms in total. The van der Waals surface area contributed by atoms with Crippen LogP contribution in [0.4, 0.5) is 0 Å². The van der Waals surface area contributed by atoms with Gasteiger partial charge >= 0.3 is 0 Å². The summed E-state index contributed by atoms with van der Waals surface area (Å²) in [5.74, 6) is 0.940. The van der Waals surface area contributed by atoms with Gasteiger partial charge in [-0.1, -0.05) is 30.3 Å². The second-order valence-corrected chi connectivity index (χ2v) is 5.44. The molecule has 0 radical (unpaired) electrons. The molecule has 1 aliphatic rings. The van der Waals surface area contributed by atoms with E-state index in [1.54, 1.807) is 0 Å². The van der Waals surface area contributed by atoms with Crippen molar-refractivity contribution in [2.75, 3.05) is 13.1 Å². The Bertz CT molecular complexity index is 760. The van der Waals surface area contributed by atoms with Crippen molar-refractivity contribution in [1.82, 2.24) is 5.06 Å². The standard InChI is InChI=1S/C18H17NO/c1-2-6-15-12-17-13-18(20-19-9-3-4-10-19)8-7-16(17)11-14(15)5-1/h1-2,5-8,11-13H,3-4,9-10H2. The molecule has 2 heteroatoms. The average molecular weight is 263 g/mol. The van der Waals surface area contributed by atoms with E-state index >= 15 is 0 Å². The van der Waals surface area contributed by atoms with Gasteiger partial charge < -0.3 is 4.84 Å². The molecule has 0 bridgehead atoms. The molecule has 0 unspecified atom stereocenters. The van der Waals surface area contributed by atoms with E-state index in [4.69, 9.17) is 4.84 Å². The Labute approximate surface area is 118 Å². The van der Waals surface area contributed by atoms with E-state index in [0.717, 1.165) is 18.8 Å². The van der Waals surface area contributed by atoms with Crippen LogP contribution in [0.3, 0.4) is 0 Å². The smallest absolute Gasteiger partial charge is 0.148 e. The quantitative estimate of drug-likeness (QED) is 0.636. The third kappa shape index (κ3) is 2.12. The Kier molecular flexibility index (Phi) is 2.82. The third-order valence-corrected chi connectivity index (χ3v) is 3.98. The lowest BCUT2D eigenvalue weighted by molar-refractivity contribution is -0.0345. The van der Waals surface area contributed by atoms with Gasteiger partial charge in [-0.3, -0.25) is 0 Å². The van der Waals surface area contributed by atoms with Crippen LogP contribution in [0.15, 0.2) is 54.6 Å². The highest BCUT2D eigenvalue weighted by molar-refractivity contribution is 5.98. The number of fused-ring (bicyclic) bond motifs is 2. The third-order valence-electron chi connectivity index (χ3n) is 3.98. The second-order valence-electron chi connectivity index (χ2n) is 5.44. The van der Waals surface area contributed by atoms with Crippen LogP contribution >= 0.6 is 0 Å². The van der Waals surface area contributed by atoms with Crippen LogP contribution in [0.5, 0.6) is 5.75 Å². The predicted molar refractivity (Wildman–Crippen MR) is 82.9 cm³/mol. The van der Waals surface area contributed by atoms with Gasteiger partial charge in [0.25, 0.3) is 0 Å². The number of hydrogen-bond donors (Lipinski definition) is 0. The van der Waals surface area contributed by atoms with Gasteiger partial charge in [0.05, 0.1) is 0 Å². The van der Waals surface area contributed by atoms with E-state index in [2.05, 4.69) is 59.7 Å². The summed E-state index contributed by atoms with van der Waals surface area (Å²) in [4.78, 5) is 5.93. The van der Waals surface area contributed by atoms with Crippen molar-refractivity contribution in [3.63, 3.8) is 0 Å². The summed E-state index contributed by atoms with van der Waals surface area (Å²) in [6.07, 6.45) is 2.47. The molecule has 0 aliphatic carbocycles. The fraction of sp³-hybridized carbons (Fsp3) is 0.222. The highest BCUT2D eigenvalue weighted by Gasteiger charge is 2.13. The molecule has 0 atom stereocenters. The van der Waals surface area contributed by atoms with E-state index in [-0.39, 0.29) is 0 Å². The Balaban J connectivity index is 1.75. The van der Waals surface area contributed by atoms with E-state index in [1.807, 2.05) is 0 Å². The lowest BCUT2D eigenvalue weighted by Gasteiger charge is -2.16. The zero-order chi connectivity index (χ0) is 13.4. The highest BCUT2D eigenvalue weighted by atomic mass is 16.7. The topological polar surface area (TPSA) is 12.5 Å². The Morgan fingerprint density at radius 2 is 1.35 bits per heavy atom. The monoisotopic (exact) mass is 263 g/mol. The first-order valence-corrected chi connectivity index (χ1v) is 7.24. The van der Waals surface area contributed by atoms with Crippen LogP contribution < -0.4 is 4.84 Å². The van der Waals surface area contributed by atoms with E-state index in [0.29, 0.717) is 0 Å². The molecule has 0 saturated carbocycles. The number of benzene rings is 3. The summed E-state index contributed by atoms with van der Waals surface area (Å²) >= 11 is 0. The van der Waals surface area contributed by atoms with Gasteiger partial charge in [0.1, 0.15) is 5.75 Å². The zero-order valence-electron chi connectivity index (χ0n) is 11.4. The summed E-state index contributed by atoms with van der Waals surface area (Å²) in [5, 5.41) is 7.12. The molecular formula is C18H17NO. The molecule has 4 rings (SSSR count). The molecule has 1 heterocycles. The van der Waals surface area contributed by atoms with Crippen LogP contribution in [0, 0.1) is 0 Å². The molecule has 0 spiro atoms. The van der Waals surface area contributed by atoms with Crippen molar-refractivity contribution < 1.29 is 4.84 Å². The van der Waals surface area contributed by atoms with Crippen LogP contribution in [-0.4, -0.2) is 18.2 Å². The van der Waals surface area contributed by atoms with Gasteiger partial charge in [-0.25, -0.2) is 0 Å². The maximum Gasteiger partial charge on any atom is 0.148 e. The first-order chi connectivity index (χ1) is 9.88. The first-order valence-electron chi connectivity index (χ1n) is 7.24. The zero-order valence-corrected chi connectivity index (χ0v) is 11.4. The summed E-state index contributed by atoms with van der Waals surface area (Å²) < 4.78 is 0. The Morgan fingerprint density at radius 3 is 2.10 bits per heavy atom. The SMILES string of the molecule is c1ccc2cc3cc(ON4CCCC4)ccc3cc2c1. The fourth-order valence-corrected chi connectivity index (χ4v) is 2.90. The summed E-state index contributed by atoms with van der Waals surface area (Å²) in [7, 11) is 0. The number of hydroxylamine groups is 2. The van der Waals surface area contributed by atoms with Crippen molar-refractivity contribution in [3.8, 4) is 5.75 Å². The largest absolute Gasteiger partial charge is 0.406 e. The van der Waals surface area contributed by atoms with Gasteiger partial charge in [0.2, 0.25) is 0 Å². The highest BCUT2D eigenvalue weighted by Crippen LogP contribution is 2.27. The maximum absolute atomic E-state index is 5.93. The van der Waals surface area contributed by atoms with Crippen molar-refractivity contribution in [2.45, 2.75) is 12.8 Å². The van der Waals surface area contributed by atoms with E-state index < -0.39 is 0 Å². The summed E-state index contributed by atoms with van der Waals surface area (Å²) in [6.45, 7) is 2.07. The minimum absolute atomic E-state index is 0.940. The number of nitrogens with zero attached hydrogens (tertiary/aromatic N) is 1. The lowest BCUT2D eigenvalue weighted by Crippen LogP contribution is -2.23. The predicted octanol–water partition coefficient (Wildman–Crippen LogP) is 4.38. The van der Waals surface area contributed by atoms with Gasteiger partial charge in [0, 0.05) is 13.1 Å². The summed E-state index contributed by atoms with van der Waals surface area (Å²) in [5.41, 5.74) is 0. The molecule has 1 saturated heterocycles. The van der Waals surface area contributed by atoms with Gasteiger partial charge in [-0.2, -0.15) is 0 Å². The van der Waals surface area contributed by atoms with Crippen LogP contribution in [-0.2, 0) is 0 Å². The van der Waals surface area contributed by atoms with Crippen molar-refractivity contribution in [1.29, 1.82) is 0 Å². The number of rotatable bonds is 2. The lowest BCUT2D eigenvalue weighted by atomic mass is 10.0. The summed E-state index contributed by atoms with van der Waals surface area (Å²) in [6, 6.07) is 19.3. The fourth-order valence-electron chi connectivity index (χ4n) is 2.90. The molecule has 0 amide bonds. The van der Waals surface area contributed by atoms with Crippen LogP contribution in [0.25, 0.3) is 21.5 Å². The van der Waals surface area contributed by atoms with Crippen LogP contribution in [0.1, 0.15) is 12.8 Å². The molecule has 3 aromatic carbocycles. The van der Waals surface area contributed by atoms with Gasteiger partial charge in [0.15, 0.2) is 0 Å². The molecule has 20 heavy (non-hydrogen) atoms. The first kappa shape index (κ1) is 11.7. The van der Waals surface area contributed by atoms with Crippen molar-refractivity contribution >= 4 is 21.5 Å². The second kappa shape index (κ2) is 4.80. The molecule has 1 aliphatic heterocycles. The molecule has 3 aromatic rings. The normalized spacial score (nSPS) is 16.0. The number of hydrogen-bond acceptors (Lipinski definition) is 2. The molecule has 0 aromatic heterocycles. The van der Waals surface area contributed by atoms with Gasteiger partial charge in [-0.15, -0.1) is 5.06 Å². The van der Waals surface area contributed by atoms with E-state index in [1.165, 1.54) is 34.4 Å². The molecule has 1 fully saturated rings. The molecular weight excluding hydrogens is 246 g/mol. The molecule has 0 N–H and O–H groups in total. The Hall–Kier alpha value is -2.06. The maximum atomic E-state index is 5.93. The Morgan fingerprint density at radius 1 is 0.700 bits per heavy atom. The average Bonchev–Trinajstić information content (AvgIpc) is 2.98. The minimum atomic E-state index is 0.940. The molecule has 100 valence electrons. The van der Waals surface area contributed by atoms with E-state index in [9.17, 15) is 0 Å². The van der Waals surface area contributed by atoms with Gasteiger partial charge in [-0.05, 0) is 58.7 Å². The van der Waals surface area contributed by atoms with Crippen molar-refractivity contribution in [2.24, 2.45) is 0 Å². The van der Waals surface area contributed by atoms with Crippen LogP contribution in [0.2, 0.25) is 0 Å². The van der Waals surface area contributed by atoms with Crippen molar-refractivity contribution in [3.05, 3.63) is 54.6 Å². The minimum Gasteiger partial charge on any atom is -0.406 e.